The van der Waals surface area contributed by atoms with E-state index in [1.807, 2.05) is 0 Å². The van der Waals surface area contributed by atoms with Crippen molar-refractivity contribution >= 4 is 64.5 Å². The normalized spacial score (nSPS) is 21.0. The molecule has 1 aromatic carbocycles. The molecule has 1 unspecified atom stereocenters. The first-order valence-electron chi connectivity index (χ1n) is 13.8. The van der Waals surface area contributed by atoms with E-state index in [0.717, 1.165) is 27.6 Å². The number of carbonyl (C=O) groups is 5. The van der Waals surface area contributed by atoms with Gasteiger partial charge in [0.1, 0.15) is 24.6 Å². The Balaban J connectivity index is 1.39. The van der Waals surface area contributed by atoms with Crippen molar-refractivity contribution in [3.8, 4) is 0 Å². The smallest absolute Gasteiger partial charge is 0.414 e. The number of morpholine rings is 1. The molecule has 0 spiro atoms. The van der Waals surface area contributed by atoms with Gasteiger partial charge in [-0.05, 0) is 37.5 Å². The number of carbonyl (C=O) groups excluding carboxylic acids is 5. The van der Waals surface area contributed by atoms with Crippen LogP contribution in [-0.4, -0.2) is 103 Å². The lowest BCUT2D eigenvalue weighted by Gasteiger charge is -2.27. The third-order valence-electron chi connectivity index (χ3n) is 7.02. The van der Waals surface area contributed by atoms with Gasteiger partial charge in [0.15, 0.2) is 0 Å². The van der Waals surface area contributed by atoms with E-state index >= 15 is 4.39 Å². The van der Waals surface area contributed by atoms with Gasteiger partial charge in [-0.1, -0.05) is 17.7 Å². The van der Waals surface area contributed by atoms with Crippen molar-refractivity contribution in [1.29, 1.82) is 0 Å². The molecular weight excluding hydrogens is 609 g/mol. The lowest BCUT2D eigenvalue weighted by molar-refractivity contribution is -0.146. The van der Waals surface area contributed by atoms with Crippen LogP contribution in [0.15, 0.2) is 28.6 Å². The summed E-state index contributed by atoms with van der Waals surface area (Å²) in [5, 5.41) is 10.9. The van der Waals surface area contributed by atoms with Crippen LogP contribution in [0.4, 0.5) is 20.6 Å². The minimum absolute atomic E-state index is 0.0209. The standard InChI is InChI=1S/C27H33ClFN5O8S/c28-22-7-6-21(43-22)26(39)34(23(36)3-1-2-8-31-25(38)19(30)14-35)13-17-12-33(27(40)42-17)20-5-4-16(11-18(20)29)32-9-10-41-15-24(32)37/h4-5,7,11,17,19,21,35H,1-3,6,8-10,12-15,30H2,(H,31,38)/t17-,19+,21?/m1/s1. The molecule has 13 nitrogen and oxygen atoms in total. The number of anilines is 2. The van der Waals surface area contributed by atoms with Gasteiger partial charge in [0.05, 0.1) is 41.6 Å². The second kappa shape index (κ2) is 15.0. The summed E-state index contributed by atoms with van der Waals surface area (Å²) >= 11 is 7.17. The van der Waals surface area contributed by atoms with Crippen molar-refractivity contribution in [1.82, 2.24) is 10.2 Å². The first kappa shape index (κ1) is 32.7. The number of imide groups is 1. The number of hydrogen-bond donors (Lipinski definition) is 3. The number of allylic oxidation sites excluding steroid dienone is 1. The van der Waals surface area contributed by atoms with Crippen LogP contribution in [0.5, 0.6) is 0 Å². The average Bonchev–Trinajstić information content (AvgIpc) is 3.59. The lowest BCUT2D eigenvalue weighted by Crippen LogP contribution is -2.46. The maximum atomic E-state index is 15.2. The summed E-state index contributed by atoms with van der Waals surface area (Å²) in [6, 6.07) is 3.02. The van der Waals surface area contributed by atoms with Crippen molar-refractivity contribution in [3.05, 3.63) is 34.5 Å². The molecule has 0 bridgehead atoms. The summed E-state index contributed by atoms with van der Waals surface area (Å²) in [6.07, 6.45) is 1.00. The van der Waals surface area contributed by atoms with Gasteiger partial charge >= 0.3 is 6.09 Å². The highest BCUT2D eigenvalue weighted by Gasteiger charge is 2.39. The molecule has 0 radical (unpaired) electrons. The van der Waals surface area contributed by atoms with Gasteiger partial charge in [-0.3, -0.25) is 29.0 Å². The van der Waals surface area contributed by atoms with Crippen molar-refractivity contribution < 1.29 is 42.9 Å². The van der Waals surface area contributed by atoms with Gasteiger partial charge in [0.25, 0.3) is 5.91 Å². The number of amides is 5. The van der Waals surface area contributed by atoms with E-state index in [2.05, 4.69) is 5.32 Å². The third kappa shape index (κ3) is 8.23. The SMILES string of the molecule is N[C@@H](CO)C(=O)NCCCCC(=O)N(C[C@H]1CN(c2ccc(N3CCOCC3=O)cc2F)C(=O)O1)C(=O)C1CC=C(Cl)S1. The third-order valence-corrected chi connectivity index (χ3v) is 8.51. The van der Waals surface area contributed by atoms with Crippen molar-refractivity contribution in [3.63, 3.8) is 0 Å². The lowest BCUT2D eigenvalue weighted by atomic mass is 10.1. The molecule has 0 aromatic heterocycles. The Morgan fingerprint density at radius 3 is 2.72 bits per heavy atom. The summed E-state index contributed by atoms with van der Waals surface area (Å²) in [7, 11) is 0. The van der Waals surface area contributed by atoms with Crippen LogP contribution in [0, 0.1) is 5.82 Å². The Labute approximate surface area is 256 Å². The number of aliphatic hydroxyl groups is 1. The number of cyclic esters (lactones) is 1. The maximum Gasteiger partial charge on any atom is 0.414 e. The van der Waals surface area contributed by atoms with Crippen molar-refractivity contribution in [2.45, 2.75) is 43.1 Å². The molecule has 5 amide bonds. The van der Waals surface area contributed by atoms with Gasteiger partial charge in [0.2, 0.25) is 17.7 Å². The monoisotopic (exact) mass is 641 g/mol. The Hall–Kier alpha value is -3.24. The van der Waals surface area contributed by atoms with Gasteiger partial charge in [-0.15, -0.1) is 11.8 Å². The minimum Gasteiger partial charge on any atom is -0.442 e. The van der Waals surface area contributed by atoms with E-state index in [9.17, 15) is 24.0 Å². The van der Waals surface area contributed by atoms with Gasteiger partial charge < -0.3 is 30.5 Å². The maximum absolute atomic E-state index is 15.2. The number of ether oxygens (including phenoxy) is 2. The highest BCUT2D eigenvalue weighted by atomic mass is 35.5. The molecule has 2 fully saturated rings. The number of benzene rings is 1. The highest BCUT2D eigenvalue weighted by molar-refractivity contribution is 8.06. The average molecular weight is 642 g/mol. The Morgan fingerprint density at radius 2 is 2.05 bits per heavy atom. The Bertz CT molecular complexity index is 1290. The van der Waals surface area contributed by atoms with E-state index < -0.39 is 53.6 Å². The minimum atomic E-state index is -1.03. The van der Waals surface area contributed by atoms with Gasteiger partial charge in [-0.2, -0.15) is 0 Å². The largest absolute Gasteiger partial charge is 0.442 e. The quantitative estimate of drug-likeness (QED) is 0.280. The second-order valence-corrected chi connectivity index (χ2v) is 12.0. The van der Waals surface area contributed by atoms with E-state index in [1.54, 1.807) is 6.08 Å². The first-order chi connectivity index (χ1) is 20.6. The molecule has 0 aliphatic carbocycles. The van der Waals surface area contributed by atoms with E-state index in [1.165, 1.54) is 17.0 Å². The zero-order valence-corrected chi connectivity index (χ0v) is 24.8. The van der Waals surface area contributed by atoms with Crippen LogP contribution in [0.1, 0.15) is 25.7 Å². The number of nitrogens with two attached hydrogens (primary N) is 1. The van der Waals surface area contributed by atoms with Gasteiger partial charge in [-0.25, -0.2) is 9.18 Å². The van der Waals surface area contributed by atoms with Crippen LogP contribution in [0.2, 0.25) is 0 Å². The summed E-state index contributed by atoms with van der Waals surface area (Å²) in [6.45, 7) is -0.123. The topological polar surface area (TPSA) is 172 Å². The molecule has 3 aliphatic heterocycles. The molecule has 3 atom stereocenters. The second-order valence-electron chi connectivity index (χ2n) is 10.1. The van der Waals surface area contributed by atoms with E-state index in [4.69, 9.17) is 31.9 Å². The Kier molecular flexibility index (Phi) is 11.4. The van der Waals surface area contributed by atoms with Crippen LogP contribution in [0.3, 0.4) is 0 Å². The summed E-state index contributed by atoms with van der Waals surface area (Å²) in [5.41, 5.74) is 5.72. The number of nitrogens with zero attached hydrogens (tertiary/aromatic N) is 3. The van der Waals surface area contributed by atoms with Crippen LogP contribution in [0.25, 0.3) is 0 Å². The molecule has 16 heteroatoms. The number of rotatable bonds is 12. The fraction of sp³-hybridized carbons (Fsp3) is 0.519. The molecule has 2 saturated heterocycles. The number of hydrogen-bond acceptors (Lipinski definition) is 10. The molecule has 43 heavy (non-hydrogen) atoms. The number of nitrogens with one attached hydrogen (secondary N) is 1. The van der Waals surface area contributed by atoms with Crippen LogP contribution < -0.4 is 20.9 Å². The molecule has 4 N–H and O–H groups in total. The molecular formula is C27H33ClFN5O8S. The summed E-state index contributed by atoms with van der Waals surface area (Å²) in [4.78, 5) is 66.7. The first-order valence-corrected chi connectivity index (χ1v) is 15.0. The summed E-state index contributed by atoms with van der Waals surface area (Å²) in [5.74, 6) is -2.53. The molecule has 4 rings (SSSR count). The van der Waals surface area contributed by atoms with Crippen LogP contribution >= 0.6 is 23.4 Å². The molecule has 3 heterocycles. The zero-order chi connectivity index (χ0) is 31.1. The molecule has 3 aliphatic rings. The van der Waals surface area contributed by atoms with Crippen molar-refractivity contribution in [2.24, 2.45) is 5.73 Å². The molecule has 0 saturated carbocycles. The highest BCUT2D eigenvalue weighted by Crippen LogP contribution is 2.36. The molecule has 1 aromatic rings. The van der Waals surface area contributed by atoms with Crippen LogP contribution in [-0.2, 0) is 28.7 Å². The number of thioether (sulfide) groups is 1. The number of aliphatic hydroxyl groups excluding tert-OH is 1. The Morgan fingerprint density at radius 1 is 1.26 bits per heavy atom. The van der Waals surface area contributed by atoms with Gasteiger partial charge in [0, 0.05) is 25.2 Å². The van der Waals surface area contributed by atoms with Crippen molar-refractivity contribution in [2.75, 3.05) is 55.8 Å². The predicted molar refractivity (Wildman–Crippen MR) is 156 cm³/mol. The zero-order valence-electron chi connectivity index (χ0n) is 23.2. The molecule has 234 valence electrons. The fourth-order valence-electron chi connectivity index (χ4n) is 4.72. The predicted octanol–water partition coefficient (Wildman–Crippen LogP) is 1.06. The fourth-order valence-corrected chi connectivity index (χ4v) is 6.02. The van der Waals surface area contributed by atoms with E-state index in [0.29, 0.717) is 35.9 Å². The number of halogens is 2. The number of unbranched alkanes of at least 4 members (excludes halogenated alkanes) is 1. The summed E-state index contributed by atoms with van der Waals surface area (Å²) < 4.78 is 26.1. The van der Waals surface area contributed by atoms with E-state index in [-0.39, 0.29) is 50.8 Å².